The lowest BCUT2D eigenvalue weighted by Gasteiger charge is -2.25. The molecule has 0 saturated carbocycles. The lowest BCUT2D eigenvalue weighted by molar-refractivity contribution is -0.0669. The number of halogens is 2. The predicted octanol–water partition coefficient (Wildman–Crippen LogP) is 0.339. The van der Waals surface area contributed by atoms with E-state index in [1.54, 1.807) is 0 Å². The first-order valence-electron chi connectivity index (χ1n) is 13.1. The van der Waals surface area contributed by atoms with Crippen LogP contribution >= 0.6 is 15.6 Å². The molecule has 0 aromatic carbocycles. The molecule has 10 atom stereocenters. The number of aryl methyl sites for hydroxylation is 1. The molecular formula is C21H23F2N9O11P2. The number of nitrogens with two attached hydrogens (primary N) is 1. The molecule has 3 fully saturated rings. The van der Waals surface area contributed by atoms with E-state index >= 15 is 8.78 Å². The summed E-state index contributed by atoms with van der Waals surface area (Å²) in [5, 5.41) is 0. The lowest BCUT2D eigenvalue weighted by Crippen LogP contribution is -2.34. The molecule has 45 heavy (non-hydrogen) atoms. The van der Waals surface area contributed by atoms with Crippen LogP contribution in [0.15, 0.2) is 23.8 Å². The van der Waals surface area contributed by atoms with Crippen LogP contribution in [-0.4, -0.2) is 98.8 Å². The minimum atomic E-state index is -5.21. The van der Waals surface area contributed by atoms with Gasteiger partial charge in [-0.2, -0.15) is 0 Å². The maximum absolute atomic E-state index is 15.9. The number of nitrogens with zero attached hydrogens (tertiary/aromatic N) is 7. The molecule has 0 spiro atoms. The summed E-state index contributed by atoms with van der Waals surface area (Å²) in [6.07, 6.45) is -11.5. The van der Waals surface area contributed by atoms with Crippen molar-refractivity contribution >= 4 is 43.8 Å². The average molecular weight is 677 g/mol. The van der Waals surface area contributed by atoms with Gasteiger partial charge >= 0.3 is 15.6 Å². The molecule has 0 aliphatic carbocycles. The van der Waals surface area contributed by atoms with E-state index in [2.05, 4.69) is 29.9 Å². The van der Waals surface area contributed by atoms with Crippen LogP contribution < -0.4 is 11.3 Å². The second kappa shape index (κ2) is 10.9. The number of ether oxygens (including phenoxy) is 2. The van der Waals surface area contributed by atoms with Crippen molar-refractivity contribution in [2.75, 3.05) is 18.9 Å². The number of alkyl halides is 2. The minimum Gasteiger partial charge on any atom is -0.382 e. The predicted molar refractivity (Wildman–Crippen MR) is 142 cm³/mol. The number of fused-ring (bicyclic) bond motifs is 5. The summed E-state index contributed by atoms with van der Waals surface area (Å²) >= 11 is 0. The zero-order valence-electron chi connectivity index (χ0n) is 22.7. The Labute approximate surface area is 248 Å². The summed E-state index contributed by atoms with van der Waals surface area (Å²) in [5.41, 5.74) is 5.12. The number of nitrogens with one attached hydrogen (secondary N) is 1. The molecule has 24 heteroatoms. The van der Waals surface area contributed by atoms with E-state index in [0.717, 1.165) is 28.1 Å². The first-order valence-corrected chi connectivity index (χ1v) is 16.1. The number of aromatic amines is 1. The van der Waals surface area contributed by atoms with Gasteiger partial charge in [-0.25, -0.2) is 42.8 Å². The van der Waals surface area contributed by atoms with Crippen LogP contribution in [0.1, 0.15) is 18.3 Å². The molecular weight excluding hydrogens is 654 g/mol. The Morgan fingerprint density at radius 3 is 2.24 bits per heavy atom. The number of phosphoric acid groups is 2. The second-order valence-electron chi connectivity index (χ2n) is 10.2. The largest absolute Gasteiger partial charge is 0.472 e. The third kappa shape index (κ3) is 5.35. The first-order chi connectivity index (χ1) is 21.3. The molecule has 5 N–H and O–H groups in total. The Hall–Kier alpha value is -3.30. The van der Waals surface area contributed by atoms with Gasteiger partial charge in [0.15, 0.2) is 47.4 Å². The van der Waals surface area contributed by atoms with E-state index in [1.165, 1.54) is 6.92 Å². The Kier molecular flexibility index (Phi) is 7.36. The van der Waals surface area contributed by atoms with Crippen LogP contribution in [0.2, 0.25) is 0 Å². The summed E-state index contributed by atoms with van der Waals surface area (Å²) in [6, 6.07) is 0. The maximum atomic E-state index is 15.9. The number of rotatable bonds is 2. The molecule has 3 saturated heterocycles. The van der Waals surface area contributed by atoms with Gasteiger partial charge < -0.3 is 30.0 Å². The number of hydrogen-bond acceptors (Lipinski definition) is 15. The zero-order chi connectivity index (χ0) is 31.8. The standard InChI is InChI=1S/C21H23F2N9O11P2/c1-7-29-18-13(19(33)30-7)28-6-32(18)21-15-10(22)8(40-21)2-38-44(34,35)42-14-9(3-39-45(36,37)43-15)41-20(11(14)23)31-5-27-12-16(24)25-4-26-17(12)31/h4-6,8-11,14-15,20-21H,2-3H2,1H3,(H,34,35)(H,36,37)(H2,24,25,26)(H,29,30,33)/t8-,9-,10-,11-,14-,15-,20-,21-/m1/s1. The summed E-state index contributed by atoms with van der Waals surface area (Å²) in [7, 11) is -10.4. The molecule has 4 aromatic heterocycles. The molecule has 0 amide bonds. The van der Waals surface area contributed by atoms with E-state index in [0.29, 0.717) is 0 Å². The Morgan fingerprint density at radius 1 is 0.889 bits per heavy atom. The molecule has 3 aliphatic rings. The fraction of sp³-hybridized carbons (Fsp3) is 0.524. The fourth-order valence-corrected chi connectivity index (χ4v) is 7.21. The summed E-state index contributed by atoms with van der Waals surface area (Å²) in [4.78, 5) is 55.9. The van der Waals surface area contributed by atoms with E-state index in [-0.39, 0.29) is 34.0 Å². The Morgan fingerprint density at radius 2 is 1.51 bits per heavy atom. The minimum absolute atomic E-state index is 0.0105. The van der Waals surface area contributed by atoms with Gasteiger partial charge in [-0.1, -0.05) is 0 Å². The van der Waals surface area contributed by atoms with Gasteiger partial charge in [0, 0.05) is 0 Å². The van der Waals surface area contributed by atoms with Crippen molar-refractivity contribution in [1.82, 2.24) is 39.0 Å². The molecule has 7 heterocycles. The molecule has 3 aliphatic heterocycles. The van der Waals surface area contributed by atoms with Crippen molar-refractivity contribution in [3.8, 4) is 0 Å². The number of anilines is 1. The van der Waals surface area contributed by atoms with E-state index < -0.39 is 83.6 Å². The monoisotopic (exact) mass is 677 g/mol. The topological polar surface area (TPSA) is 263 Å². The van der Waals surface area contributed by atoms with Crippen LogP contribution in [0.4, 0.5) is 14.6 Å². The molecule has 242 valence electrons. The number of aromatic nitrogens is 8. The van der Waals surface area contributed by atoms with Gasteiger partial charge in [-0.05, 0) is 6.92 Å². The van der Waals surface area contributed by atoms with Crippen LogP contribution in [-0.2, 0) is 36.7 Å². The SMILES string of the molecule is Cc1nc2c(ncn2[C@@H]2O[C@@H]3COP(=O)(O)O[C@H]4[C@@H](F)[C@H](n5cnc6c(N)ncnc65)O[C@@H]4COP(=O)(O)O[C@@H]2[C@@H]3F)c(=O)[nH]1. The van der Waals surface area contributed by atoms with Crippen LogP contribution in [0.25, 0.3) is 22.3 Å². The van der Waals surface area contributed by atoms with Crippen molar-refractivity contribution in [2.24, 2.45) is 0 Å². The number of hydrogen-bond donors (Lipinski definition) is 4. The normalized spacial score (nSPS) is 37.7. The highest BCUT2D eigenvalue weighted by atomic mass is 31.2. The number of phosphoric ester groups is 2. The van der Waals surface area contributed by atoms with Crippen molar-refractivity contribution in [3.63, 3.8) is 0 Å². The van der Waals surface area contributed by atoms with Crippen LogP contribution in [0, 0.1) is 6.92 Å². The Bertz CT molecular complexity index is 1940. The van der Waals surface area contributed by atoms with Crippen molar-refractivity contribution < 1.29 is 55.3 Å². The first kappa shape index (κ1) is 30.4. The highest BCUT2D eigenvalue weighted by molar-refractivity contribution is 7.47. The summed E-state index contributed by atoms with van der Waals surface area (Å²) < 4.78 is 91.6. The Balaban J connectivity index is 1.21. The third-order valence-electron chi connectivity index (χ3n) is 7.33. The number of imidazole rings is 2. The summed E-state index contributed by atoms with van der Waals surface area (Å²) in [6.45, 7) is -0.420. The van der Waals surface area contributed by atoms with Gasteiger partial charge in [-0.15, -0.1) is 0 Å². The number of nitrogen functional groups attached to an aromatic ring is 1. The third-order valence-corrected chi connectivity index (χ3v) is 9.30. The van der Waals surface area contributed by atoms with E-state index in [4.69, 9.17) is 33.3 Å². The molecule has 7 rings (SSSR count). The van der Waals surface area contributed by atoms with Crippen molar-refractivity contribution in [2.45, 2.75) is 56.1 Å². The van der Waals surface area contributed by atoms with Gasteiger partial charge in [0.25, 0.3) is 5.56 Å². The molecule has 20 nitrogen and oxygen atoms in total. The molecule has 0 radical (unpaired) electrons. The fourth-order valence-electron chi connectivity index (χ4n) is 5.33. The van der Waals surface area contributed by atoms with Gasteiger partial charge in [0.2, 0.25) is 0 Å². The van der Waals surface area contributed by atoms with Crippen LogP contribution in [0.3, 0.4) is 0 Å². The van der Waals surface area contributed by atoms with Gasteiger partial charge in [-0.3, -0.25) is 32.0 Å². The lowest BCUT2D eigenvalue weighted by atomic mass is 10.1. The molecule has 4 aromatic rings. The average Bonchev–Trinajstić information content (AvgIpc) is 3.72. The molecule has 2 unspecified atom stereocenters. The van der Waals surface area contributed by atoms with Gasteiger partial charge in [0.05, 0.1) is 25.9 Å². The highest BCUT2D eigenvalue weighted by Crippen LogP contribution is 2.54. The van der Waals surface area contributed by atoms with Crippen LogP contribution in [0.5, 0.6) is 0 Å². The van der Waals surface area contributed by atoms with E-state index in [1.807, 2.05) is 0 Å². The summed E-state index contributed by atoms with van der Waals surface area (Å²) in [5.74, 6) is 0.164. The maximum Gasteiger partial charge on any atom is 0.472 e. The molecule has 2 bridgehead atoms. The van der Waals surface area contributed by atoms with Crippen molar-refractivity contribution in [1.29, 1.82) is 0 Å². The number of H-pyrrole nitrogens is 1. The van der Waals surface area contributed by atoms with Gasteiger partial charge in [0.1, 0.15) is 42.1 Å². The second-order valence-corrected chi connectivity index (χ2v) is 13.1. The quantitative estimate of drug-likeness (QED) is 0.208. The smallest absolute Gasteiger partial charge is 0.382 e. The highest BCUT2D eigenvalue weighted by Gasteiger charge is 2.55. The zero-order valence-corrected chi connectivity index (χ0v) is 24.5. The van der Waals surface area contributed by atoms with Crippen molar-refractivity contribution in [3.05, 3.63) is 35.2 Å². The van der Waals surface area contributed by atoms with E-state index in [9.17, 15) is 23.7 Å².